The van der Waals surface area contributed by atoms with Crippen LogP contribution in [0.15, 0.2) is 30.5 Å². The summed E-state index contributed by atoms with van der Waals surface area (Å²) < 4.78 is 0. The van der Waals surface area contributed by atoms with E-state index in [9.17, 15) is 0 Å². The fourth-order valence-electron chi connectivity index (χ4n) is 1.82. The molecular formula is C12H14N4. The van der Waals surface area contributed by atoms with Crippen LogP contribution >= 0.6 is 0 Å². The van der Waals surface area contributed by atoms with Crippen LogP contribution in [0, 0.1) is 0 Å². The predicted octanol–water partition coefficient (Wildman–Crippen LogP) is 1.53. The van der Waals surface area contributed by atoms with Gasteiger partial charge in [0.1, 0.15) is 5.82 Å². The van der Waals surface area contributed by atoms with Gasteiger partial charge >= 0.3 is 0 Å². The van der Waals surface area contributed by atoms with Crippen LogP contribution in [0.25, 0.3) is 11.0 Å². The smallest absolute Gasteiger partial charge is 0.145 e. The highest BCUT2D eigenvalue weighted by Gasteiger charge is 2.41. The van der Waals surface area contributed by atoms with Gasteiger partial charge in [0.2, 0.25) is 0 Å². The molecule has 0 saturated heterocycles. The first kappa shape index (κ1) is 9.54. The normalized spacial score (nSPS) is 17.3. The molecule has 0 unspecified atom stereocenters. The van der Waals surface area contributed by atoms with E-state index in [0.29, 0.717) is 6.54 Å². The Hall–Kier alpha value is -1.68. The average Bonchev–Trinajstić information content (AvgIpc) is 3.09. The van der Waals surface area contributed by atoms with Gasteiger partial charge in [-0.2, -0.15) is 0 Å². The van der Waals surface area contributed by atoms with Gasteiger partial charge in [-0.15, -0.1) is 0 Å². The van der Waals surface area contributed by atoms with Crippen molar-refractivity contribution in [2.24, 2.45) is 5.73 Å². The van der Waals surface area contributed by atoms with Gasteiger partial charge in [0.15, 0.2) is 0 Å². The topological polar surface area (TPSA) is 63.8 Å². The van der Waals surface area contributed by atoms with Crippen molar-refractivity contribution < 1.29 is 0 Å². The largest absolute Gasteiger partial charge is 0.362 e. The minimum atomic E-state index is 0.0805. The van der Waals surface area contributed by atoms with E-state index < -0.39 is 0 Å². The van der Waals surface area contributed by atoms with E-state index in [1.807, 2.05) is 24.3 Å². The number of nitrogens with zero attached hydrogens (tertiary/aromatic N) is 2. The van der Waals surface area contributed by atoms with Crippen LogP contribution < -0.4 is 11.1 Å². The number of para-hydroxylation sites is 2. The summed E-state index contributed by atoms with van der Waals surface area (Å²) in [4.78, 5) is 8.88. The molecule has 4 nitrogen and oxygen atoms in total. The average molecular weight is 214 g/mol. The third-order valence-corrected chi connectivity index (χ3v) is 3.09. The number of fused-ring (bicyclic) bond motifs is 1. The summed E-state index contributed by atoms with van der Waals surface area (Å²) in [6.07, 6.45) is 4.02. The van der Waals surface area contributed by atoms with Crippen molar-refractivity contribution in [3.63, 3.8) is 0 Å². The maximum Gasteiger partial charge on any atom is 0.145 e. The summed E-state index contributed by atoms with van der Waals surface area (Å²) in [5.74, 6) is 0.821. The van der Waals surface area contributed by atoms with Crippen LogP contribution in [0.3, 0.4) is 0 Å². The Morgan fingerprint density at radius 2 is 2.00 bits per heavy atom. The lowest BCUT2D eigenvalue weighted by Crippen LogP contribution is -2.31. The molecule has 82 valence electrons. The predicted molar refractivity (Wildman–Crippen MR) is 64.2 cm³/mol. The van der Waals surface area contributed by atoms with E-state index in [1.54, 1.807) is 6.20 Å². The number of anilines is 1. The highest BCUT2D eigenvalue weighted by Crippen LogP contribution is 2.37. The Kier molecular flexibility index (Phi) is 2.04. The van der Waals surface area contributed by atoms with E-state index in [-0.39, 0.29) is 5.54 Å². The number of hydrogen-bond donors (Lipinski definition) is 2. The number of aromatic nitrogens is 2. The zero-order chi connectivity index (χ0) is 11.0. The molecule has 0 spiro atoms. The molecule has 1 aromatic heterocycles. The van der Waals surface area contributed by atoms with Crippen molar-refractivity contribution in [2.75, 3.05) is 11.9 Å². The minimum absolute atomic E-state index is 0.0805. The minimum Gasteiger partial charge on any atom is -0.362 e. The molecule has 2 aromatic rings. The molecule has 1 saturated carbocycles. The van der Waals surface area contributed by atoms with Gasteiger partial charge in [0.25, 0.3) is 0 Å². The van der Waals surface area contributed by atoms with Crippen LogP contribution in [-0.2, 0) is 0 Å². The number of nitrogens with one attached hydrogen (secondary N) is 1. The van der Waals surface area contributed by atoms with Crippen molar-refractivity contribution in [1.82, 2.24) is 9.97 Å². The number of rotatable bonds is 3. The molecule has 0 aliphatic heterocycles. The SMILES string of the molecule is NCC1(Nc2cnc3ccccc3n2)CC1. The Morgan fingerprint density at radius 3 is 2.69 bits per heavy atom. The summed E-state index contributed by atoms with van der Waals surface area (Å²) >= 11 is 0. The molecule has 1 aliphatic rings. The third kappa shape index (κ3) is 1.61. The molecule has 3 N–H and O–H groups in total. The molecule has 3 rings (SSSR count). The van der Waals surface area contributed by atoms with Crippen molar-refractivity contribution in [2.45, 2.75) is 18.4 Å². The molecule has 0 atom stereocenters. The van der Waals surface area contributed by atoms with E-state index >= 15 is 0 Å². The zero-order valence-corrected chi connectivity index (χ0v) is 8.98. The Balaban J connectivity index is 1.93. The van der Waals surface area contributed by atoms with Crippen LogP contribution in [0.1, 0.15) is 12.8 Å². The lowest BCUT2D eigenvalue weighted by molar-refractivity contribution is 0.737. The molecule has 16 heavy (non-hydrogen) atoms. The van der Waals surface area contributed by atoms with E-state index in [4.69, 9.17) is 5.73 Å². The molecule has 1 aliphatic carbocycles. The lowest BCUT2D eigenvalue weighted by Gasteiger charge is -2.15. The number of nitrogens with two attached hydrogens (primary N) is 1. The summed E-state index contributed by atoms with van der Waals surface area (Å²) in [6, 6.07) is 7.86. The van der Waals surface area contributed by atoms with Crippen LogP contribution in [0.4, 0.5) is 5.82 Å². The number of hydrogen-bond acceptors (Lipinski definition) is 4. The second kappa shape index (κ2) is 3.42. The first-order valence-corrected chi connectivity index (χ1v) is 5.51. The van der Waals surface area contributed by atoms with Gasteiger partial charge < -0.3 is 11.1 Å². The van der Waals surface area contributed by atoms with E-state index in [0.717, 1.165) is 29.7 Å². The highest BCUT2D eigenvalue weighted by molar-refractivity contribution is 5.75. The fraction of sp³-hybridized carbons (Fsp3) is 0.333. The van der Waals surface area contributed by atoms with E-state index in [1.165, 1.54) is 0 Å². The molecule has 1 aromatic carbocycles. The number of benzene rings is 1. The quantitative estimate of drug-likeness (QED) is 0.813. The van der Waals surface area contributed by atoms with Crippen molar-refractivity contribution in [1.29, 1.82) is 0 Å². The van der Waals surface area contributed by atoms with Gasteiger partial charge in [0, 0.05) is 6.54 Å². The third-order valence-electron chi connectivity index (χ3n) is 3.09. The Morgan fingerprint density at radius 1 is 1.25 bits per heavy atom. The van der Waals surface area contributed by atoms with Crippen molar-refractivity contribution in [3.05, 3.63) is 30.5 Å². The van der Waals surface area contributed by atoms with Gasteiger partial charge in [-0.05, 0) is 25.0 Å². The summed E-state index contributed by atoms with van der Waals surface area (Å²) in [7, 11) is 0. The molecule has 0 radical (unpaired) electrons. The molecule has 0 bridgehead atoms. The van der Waals surface area contributed by atoms with Crippen LogP contribution in [-0.4, -0.2) is 22.1 Å². The Labute approximate surface area is 93.9 Å². The van der Waals surface area contributed by atoms with Gasteiger partial charge in [-0.1, -0.05) is 12.1 Å². The van der Waals surface area contributed by atoms with Gasteiger partial charge in [-0.3, -0.25) is 4.98 Å². The summed E-state index contributed by atoms with van der Waals surface area (Å²) in [6.45, 7) is 0.654. The van der Waals surface area contributed by atoms with Crippen molar-refractivity contribution >= 4 is 16.9 Å². The summed E-state index contributed by atoms with van der Waals surface area (Å²) in [5, 5.41) is 3.37. The highest BCUT2D eigenvalue weighted by atomic mass is 15.1. The second-order valence-electron chi connectivity index (χ2n) is 4.35. The zero-order valence-electron chi connectivity index (χ0n) is 8.98. The molecule has 4 heteroatoms. The second-order valence-corrected chi connectivity index (χ2v) is 4.35. The standard InChI is InChI=1S/C12H14N4/c13-8-12(5-6-12)16-11-7-14-9-3-1-2-4-10(9)15-11/h1-4,7H,5-6,8,13H2,(H,15,16). The van der Waals surface area contributed by atoms with Gasteiger partial charge in [0.05, 0.1) is 22.8 Å². The van der Waals surface area contributed by atoms with Crippen LogP contribution in [0.2, 0.25) is 0 Å². The fourth-order valence-corrected chi connectivity index (χ4v) is 1.82. The van der Waals surface area contributed by atoms with Crippen LogP contribution in [0.5, 0.6) is 0 Å². The molecular weight excluding hydrogens is 200 g/mol. The molecule has 1 fully saturated rings. The first-order chi connectivity index (χ1) is 7.81. The molecule has 1 heterocycles. The maximum absolute atomic E-state index is 5.72. The first-order valence-electron chi connectivity index (χ1n) is 5.51. The monoisotopic (exact) mass is 214 g/mol. The maximum atomic E-state index is 5.72. The van der Waals surface area contributed by atoms with Crippen molar-refractivity contribution in [3.8, 4) is 0 Å². The van der Waals surface area contributed by atoms with Gasteiger partial charge in [-0.25, -0.2) is 4.98 Å². The lowest BCUT2D eigenvalue weighted by atomic mass is 10.2. The Bertz CT molecular complexity index is 519. The van der Waals surface area contributed by atoms with E-state index in [2.05, 4.69) is 15.3 Å². The summed E-state index contributed by atoms with van der Waals surface area (Å²) in [5.41, 5.74) is 7.64. The molecule has 0 amide bonds.